The van der Waals surface area contributed by atoms with Crippen molar-refractivity contribution in [1.82, 2.24) is 0 Å². The van der Waals surface area contributed by atoms with Gasteiger partial charge >= 0.3 is 0 Å². The Hall–Kier alpha value is -1.76. The predicted octanol–water partition coefficient (Wildman–Crippen LogP) is 22.9. The molecule has 376 valence electrons. The molecule has 0 radical (unpaired) electrons. The van der Waals surface area contributed by atoms with Crippen LogP contribution in [0.5, 0.6) is 11.5 Å². The molecule has 0 aliphatic carbocycles. The Morgan fingerprint density at radius 2 is 0.523 bits per heavy atom. The average molecular weight is 900 g/mol. The highest BCUT2D eigenvalue weighted by Gasteiger charge is 2.16. The van der Waals surface area contributed by atoms with Gasteiger partial charge in [-0.2, -0.15) is 0 Å². The van der Waals surface area contributed by atoms with Crippen molar-refractivity contribution in [2.45, 2.75) is 336 Å². The van der Waals surface area contributed by atoms with Crippen LogP contribution in [-0.4, -0.2) is 0 Å². The Balaban J connectivity index is 2.03. The van der Waals surface area contributed by atoms with Gasteiger partial charge in [-0.3, -0.25) is 0 Å². The van der Waals surface area contributed by atoms with Crippen LogP contribution in [0.1, 0.15) is 332 Å². The Kier molecular flexibility index (Phi) is 42.0. The van der Waals surface area contributed by atoms with E-state index in [2.05, 4.69) is 64.1 Å². The summed E-state index contributed by atoms with van der Waals surface area (Å²) < 4.78 is 6.94. The fourth-order valence-corrected chi connectivity index (χ4v) is 10.4. The second kappa shape index (κ2) is 46.0. The summed E-state index contributed by atoms with van der Waals surface area (Å²) in [4.78, 5) is 0. The predicted molar refractivity (Wildman–Crippen MR) is 294 cm³/mol. The van der Waals surface area contributed by atoms with E-state index in [-0.39, 0.29) is 0 Å². The minimum atomic E-state index is 1.02. The highest BCUT2D eigenvalue weighted by molar-refractivity contribution is 5.48. The quantitative estimate of drug-likeness (QED) is 0.0601. The van der Waals surface area contributed by atoms with Gasteiger partial charge < -0.3 is 4.74 Å². The van der Waals surface area contributed by atoms with Gasteiger partial charge in [0.1, 0.15) is 11.5 Å². The van der Waals surface area contributed by atoms with Crippen molar-refractivity contribution in [2.75, 3.05) is 0 Å². The molecule has 1 nitrogen and oxygen atoms in total. The number of hydrogen-bond acceptors (Lipinski definition) is 1. The van der Waals surface area contributed by atoms with Crippen molar-refractivity contribution in [3.63, 3.8) is 0 Å². The number of aryl methyl sites for hydroxylation is 2. The van der Waals surface area contributed by atoms with E-state index in [9.17, 15) is 0 Å². The zero-order valence-corrected chi connectivity index (χ0v) is 44.8. The Morgan fingerprint density at radius 3 is 0.862 bits per heavy atom. The van der Waals surface area contributed by atoms with Crippen molar-refractivity contribution in [1.29, 1.82) is 0 Å². The molecule has 2 rings (SSSR count). The lowest BCUT2D eigenvalue weighted by atomic mass is 9.89. The Morgan fingerprint density at radius 1 is 0.246 bits per heavy atom. The molecule has 0 amide bonds. The van der Waals surface area contributed by atoms with Crippen molar-refractivity contribution in [2.24, 2.45) is 0 Å². The molecule has 0 aliphatic heterocycles. The molecule has 1 heteroatoms. The molecule has 2 aromatic carbocycles. The molecule has 0 heterocycles. The number of ether oxygens (including phenoxy) is 1. The number of benzene rings is 2. The highest BCUT2D eigenvalue weighted by Crippen LogP contribution is 2.34. The first-order valence-corrected chi connectivity index (χ1v) is 30.1. The fourth-order valence-electron chi connectivity index (χ4n) is 10.4. The lowest BCUT2D eigenvalue weighted by molar-refractivity contribution is 0.471. The standard InChI is InChI=1S/C64H114O/c1-5-9-13-17-21-25-29-31-33-37-41-45-49-59-53-56-61(57-54-59)65-64-58-55-60(50-46-42-38-34-32-30-26-22-18-14-10-6-2)62(51-47-43-39-35-27-23-19-15-11-7-3)63(64)52-48-44-40-36-28-24-20-16-12-8-4/h53-58H,5-52H2,1-4H3. The van der Waals surface area contributed by atoms with Crippen LogP contribution in [0.3, 0.4) is 0 Å². The third kappa shape index (κ3) is 34.2. The Bertz CT molecular complexity index is 1260. The molecule has 0 bridgehead atoms. The van der Waals surface area contributed by atoms with E-state index in [4.69, 9.17) is 4.74 Å². The van der Waals surface area contributed by atoms with Gasteiger partial charge in [-0.1, -0.05) is 303 Å². The summed E-state index contributed by atoms with van der Waals surface area (Å²) in [5, 5.41) is 0. The zero-order chi connectivity index (χ0) is 46.4. The van der Waals surface area contributed by atoms with Gasteiger partial charge in [0.25, 0.3) is 0 Å². The molecule has 65 heavy (non-hydrogen) atoms. The van der Waals surface area contributed by atoms with Gasteiger partial charge in [-0.15, -0.1) is 0 Å². The Labute approximate surface area is 409 Å². The van der Waals surface area contributed by atoms with Crippen molar-refractivity contribution >= 4 is 0 Å². The molecular formula is C64H114O. The van der Waals surface area contributed by atoms with E-state index < -0.39 is 0 Å². The lowest BCUT2D eigenvalue weighted by Gasteiger charge is -2.20. The summed E-state index contributed by atoms with van der Waals surface area (Å²) in [6, 6.07) is 14.1. The molecule has 0 fully saturated rings. The zero-order valence-electron chi connectivity index (χ0n) is 44.8. The topological polar surface area (TPSA) is 9.23 Å². The summed E-state index contributed by atoms with van der Waals surface area (Å²) >= 11 is 0. The van der Waals surface area contributed by atoms with Gasteiger partial charge in [0, 0.05) is 0 Å². The van der Waals surface area contributed by atoms with Crippen LogP contribution < -0.4 is 4.74 Å². The third-order valence-electron chi connectivity index (χ3n) is 14.8. The lowest BCUT2D eigenvalue weighted by Crippen LogP contribution is -2.05. The van der Waals surface area contributed by atoms with Gasteiger partial charge in [0.2, 0.25) is 0 Å². The number of rotatable bonds is 50. The molecule has 0 unspecified atom stereocenters. The van der Waals surface area contributed by atoms with E-state index in [1.165, 1.54) is 314 Å². The molecule has 2 aromatic rings. The largest absolute Gasteiger partial charge is 0.457 e. The molecule has 0 aliphatic rings. The molecule has 0 saturated heterocycles. The minimum Gasteiger partial charge on any atom is -0.457 e. The highest BCUT2D eigenvalue weighted by atomic mass is 16.5. The van der Waals surface area contributed by atoms with Gasteiger partial charge in [0.15, 0.2) is 0 Å². The third-order valence-corrected chi connectivity index (χ3v) is 14.8. The van der Waals surface area contributed by atoms with Crippen LogP contribution in [0.4, 0.5) is 0 Å². The molecule has 0 spiro atoms. The minimum absolute atomic E-state index is 1.02. The summed E-state index contributed by atoms with van der Waals surface area (Å²) in [6.45, 7) is 9.28. The van der Waals surface area contributed by atoms with Crippen LogP contribution in [0.25, 0.3) is 0 Å². The molecule has 0 saturated carbocycles. The molecular weight excluding hydrogens is 785 g/mol. The monoisotopic (exact) mass is 899 g/mol. The van der Waals surface area contributed by atoms with Crippen molar-refractivity contribution in [3.8, 4) is 11.5 Å². The first-order chi connectivity index (χ1) is 32.2. The normalized spacial score (nSPS) is 11.6. The fraction of sp³-hybridized carbons (Fsp3) is 0.812. The second-order valence-corrected chi connectivity index (χ2v) is 21.1. The first kappa shape index (κ1) is 59.4. The average Bonchev–Trinajstić information content (AvgIpc) is 3.32. The van der Waals surface area contributed by atoms with Gasteiger partial charge in [-0.05, 0) is 91.8 Å². The van der Waals surface area contributed by atoms with Gasteiger partial charge in [0.05, 0.1) is 0 Å². The van der Waals surface area contributed by atoms with Crippen molar-refractivity contribution < 1.29 is 4.74 Å². The summed E-state index contributed by atoms with van der Waals surface area (Å²) in [5.41, 5.74) is 6.33. The molecule has 0 N–H and O–H groups in total. The van der Waals surface area contributed by atoms with Crippen LogP contribution in [0, 0.1) is 0 Å². The van der Waals surface area contributed by atoms with E-state index >= 15 is 0 Å². The molecule has 0 aromatic heterocycles. The number of unbranched alkanes of at least 4 members (excludes halogenated alkanes) is 40. The maximum absolute atomic E-state index is 6.94. The maximum Gasteiger partial charge on any atom is 0.130 e. The summed E-state index contributed by atoms with van der Waals surface area (Å²) in [6.07, 6.45) is 66.7. The second-order valence-electron chi connectivity index (χ2n) is 21.1. The van der Waals surface area contributed by atoms with Crippen LogP contribution in [0.15, 0.2) is 36.4 Å². The SMILES string of the molecule is CCCCCCCCCCCCCCc1ccc(Oc2ccc(CCCCCCCCCCCCCC)c(CCCCCCCCCCCC)c2CCCCCCCCCCCC)cc1. The summed E-state index contributed by atoms with van der Waals surface area (Å²) in [7, 11) is 0. The van der Waals surface area contributed by atoms with Crippen LogP contribution >= 0.6 is 0 Å². The maximum atomic E-state index is 6.94. The van der Waals surface area contributed by atoms with E-state index in [0.29, 0.717) is 0 Å². The van der Waals surface area contributed by atoms with Crippen LogP contribution in [-0.2, 0) is 25.7 Å². The molecule has 0 atom stereocenters. The van der Waals surface area contributed by atoms with Gasteiger partial charge in [-0.25, -0.2) is 0 Å². The smallest absolute Gasteiger partial charge is 0.130 e. The van der Waals surface area contributed by atoms with Crippen LogP contribution in [0.2, 0.25) is 0 Å². The van der Waals surface area contributed by atoms with E-state index in [1.807, 2.05) is 0 Å². The first-order valence-electron chi connectivity index (χ1n) is 30.1. The summed E-state index contributed by atoms with van der Waals surface area (Å²) in [5.74, 6) is 2.17. The van der Waals surface area contributed by atoms with E-state index in [1.54, 1.807) is 16.7 Å². The van der Waals surface area contributed by atoms with E-state index in [0.717, 1.165) is 11.5 Å². The van der Waals surface area contributed by atoms with Crippen molar-refractivity contribution in [3.05, 3.63) is 58.7 Å². The number of hydrogen-bond donors (Lipinski definition) is 0.